The van der Waals surface area contributed by atoms with Gasteiger partial charge in [-0.15, -0.1) is 0 Å². The van der Waals surface area contributed by atoms with Gasteiger partial charge < -0.3 is 5.11 Å². The van der Waals surface area contributed by atoms with E-state index in [-0.39, 0.29) is 11.3 Å². The molecule has 1 unspecified atom stereocenters. The highest BCUT2D eigenvalue weighted by atomic mass is 32.2. The molecule has 1 aliphatic carbocycles. The molecule has 1 saturated carbocycles. The van der Waals surface area contributed by atoms with E-state index in [4.69, 9.17) is 5.11 Å². The highest BCUT2D eigenvalue weighted by Crippen LogP contribution is 2.29. The largest absolute Gasteiger partial charge is 0.478 e. The number of hydrogen-bond donors (Lipinski definition) is 2. The van der Waals surface area contributed by atoms with Gasteiger partial charge in [-0.1, -0.05) is 24.3 Å². The predicted octanol–water partition coefficient (Wildman–Crippen LogP) is 1.93. The quantitative estimate of drug-likeness (QED) is 0.785. The molecule has 1 aromatic rings. The van der Waals surface area contributed by atoms with E-state index in [0.29, 0.717) is 0 Å². The van der Waals surface area contributed by atoms with Crippen LogP contribution in [0.25, 0.3) is 6.08 Å². The van der Waals surface area contributed by atoms with Crippen LogP contribution in [-0.2, 0) is 14.8 Å². The molecule has 1 aliphatic rings. The molecule has 6 heteroatoms. The third-order valence-electron chi connectivity index (χ3n) is 3.13. The lowest BCUT2D eigenvalue weighted by Gasteiger charge is -2.14. The number of nitrogens with one attached hydrogen (secondary N) is 1. The average Bonchev–Trinajstić information content (AvgIpc) is 3.20. The Hall–Kier alpha value is -1.66. The van der Waals surface area contributed by atoms with Gasteiger partial charge in [-0.3, -0.25) is 0 Å². The monoisotopic (exact) mass is 295 g/mol. The summed E-state index contributed by atoms with van der Waals surface area (Å²) in [7, 11) is -3.24. The van der Waals surface area contributed by atoms with Crippen LogP contribution in [-0.4, -0.2) is 24.7 Å². The van der Waals surface area contributed by atoms with Crippen molar-refractivity contribution in [2.75, 3.05) is 0 Å². The molecule has 5 nitrogen and oxygen atoms in total. The van der Waals surface area contributed by atoms with E-state index in [1.807, 2.05) is 6.07 Å². The van der Waals surface area contributed by atoms with Crippen LogP contribution in [0.5, 0.6) is 0 Å². The molecule has 1 fully saturated rings. The lowest BCUT2D eigenvalue weighted by atomic mass is 10.1. The average molecular weight is 295 g/mol. The van der Waals surface area contributed by atoms with Gasteiger partial charge in [0, 0.05) is 12.1 Å². The van der Waals surface area contributed by atoms with Crippen LogP contribution in [0.15, 0.2) is 30.3 Å². The summed E-state index contributed by atoms with van der Waals surface area (Å²) in [5.41, 5.74) is 1.53. The highest BCUT2D eigenvalue weighted by molar-refractivity contribution is 7.90. The van der Waals surface area contributed by atoms with Gasteiger partial charge in [0.05, 0.1) is 5.25 Å². The molecular weight excluding hydrogens is 278 g/mol. The molecule has 0 radical (unpaired) electrons. The number of rotatable bonds is 6. The Morgan fingerprint density at radius 1 is 1.45 bits per heavy atom. The molecule has 0 bridgehead atoms. The van der Waals surface area contributed by atoms with Gasteiger partial charge in [-0.05, 0) is 37.0 Å². The van der Waals surface area contributed by atoms with Gasteiger partial charge >= 0.3 is 5.97 Å². The van der Waals surface area contributed by atoms with Gasteiger partial charge in [0.25, 0.3) is 0 Å². The second-order valence-electron chi connectivity index (χ2n) is 4.93. The zero-order chi connectivity index (χ0) is 14.8. The number of benzene rings is 1. The van der Waals surface area contributed by atoms with Crippen LogP contribution in [0, 0.1) is 0 Å². The maximum absolute atomic E-state index is 11.9. The Bertz CT molecular complexity index is 632. The van der Waals surface area contributed by atoms with Gasteiger partial charge in [-0.25, -0.2) is 17.9 Å². The molecule has 0 aliphatic heterocycles. The first-order chi connectivity index (χ1) is 9.38. The van der Waals surface area contributed by atoms with E-state index >= 15 is 0 Å². The molecule has 0 heterocycles. The molecule has 0 amide bonds. The standard InChI is InChI=1S/C14H17NO4S/c1-10(15-20(18,19)13-6-7-13)12-4-2-3-11(9-12)5-8-14(16)17/h2-5,8-10,13,15H,6-7H2,1H3,(H,16,17). The Labute approximate surface area is 118 Å². The fourth-order valence-corrected chi connectivity index (χ4v) is 3.47. The van der Waals surface area contributed by atoms with Crippen molar-refractivity contribution in [1.82, 2.24) is 4.72 Å². The summed E-state index contributed by atoms with van der Waals surface area (Å²) in [5, 5.41) is 8.35. The molecule has 0 saturated heterocycles. The molecule has 0 spiro atoms. The Morgan fingerprint density at radius 2 is 2.15 bits per heavy atom. The van der Waals surface area contributed by atoms with E-state index < -0.39 is 16.0 Å². The summed E-state index contributed by atoms with van der Waals surface area (Å²) in [5.74, 6) is -1.02. The maximum atomic E-state index is 11.9. The van der Waals surface area contributed by atoms with Gasteiger partial charge in [-0.2, -0.15) is 0 Å². The second kappa shape index (κ2) is 5.76. The third kappa shape index (κ3) is 3.91. The van der Waals surface area contributed by atoms with Crippen molar-refractivity contribution in [2.24, 2.45) is 0 Å². The van der Waals surface area contributed by atoms with E-state index in [1.165, 1.54) is 6.08 Å². The van der Waals surface area contributed by atoms with Crippen LogP contribution in [0.2, 0.25) is 0 Å². The van der Waals surface area contributed by atoms with Crippen molar-refractivity contribution in [1.29, 1.82) is 0 Å². The molecule has 1 aromatic carbocycles. The smallest absolute Gasteiger partial charge is 0.328 e. The molecule has 1 atom stereocenters. The van der Waals surface area contributed by atoms with E-state index in [2.05, 4.69) is 4.72 Å². The van der Waals surface area contributed by atoms with Crippen LogP contribution in [0.3, 0.4) is 0 Å². The second-order valence-corrected chi connectivity index (χ2v) is 6.92. The first-order valence-corrected chi connectivity index (χ1v) is 7.95. The topological polar surface area (TPSA) is 83.5 Å². The molecular formula is C14H17NO4S. The van der Waals surface area contributed by atoms with Crippen LogP contribution in [0.4, 0.5) is 0 Å². The minimum absolute atomic E-state index is 0.250. The Morgan fingerprint density at radius 3 is 2.75 bits per heavy atom. The lowest BCUT2D eigenvalue weighted by molar-refractivity contribution is -0.131. The highest BCUT2D eigenvalue weighted by Gasteiger charge is 2.36. The predicted molar refractivity (Wildman–Crippen MR) is 76.6 cm³/mol. The Balaban J connectivity index is 2.11. The molecule has 108 valence electrons. The molecule has 2 N–H and O–H groups in total. The first kappa shape index (κ1) is 14.7. The fourth-order valence-electron chi connectivity index (χ4n) is 1.89. The molecule has 0 aromatic heterocycles. The van der Waals surface area contributed by atoms with E-state index in [0.717, 1.165) is 30.0 Å². The zero-order valence-corrected chi connectivity index (χ0v) is 11.9. The zero-order valence-electron chi connectivity index (χ0n) is 11.1. The van der Waals surface area contributed by atoms with Gasteiger partial charge in [0.1, 0.15) is 0 Å². The van der Waals surface area contributed by atoms with E-state index in [9.17, 15) is 13.2 Å². The van der Waals surface area contributed by atoms with Crippen molar-refractivity contribution >= 4 is 22.1 Å². The fraction of sp³-hybridized carbons (Fsp3) is 0.357. The minimum Gasteiger partial charge on any atom is -0.478 e. The number of carbonyl (C=O) groups is 1. The summed E-state index contributed by atoms with van der Waals surface area (Å²) >= 11 is 0. The van der Waals surface area contributed by atoms with Crippen molar-refractivity contribution in [3.63, 3.8) is 0 Å². The Kier molecular flexibility index (Phi) is 4.25. The van der Waals surface area contributed by atoms with Gasteiger partial charge in [0.15, 0.2) is 0 Å². The minimum atomic E-state index is -3.24. The number of carboxylic acid groups (broad SMARTS) is 1. The van der Waals surface area contributed by atoms with Crippen LogP contribution >= 0.6 is 0 Å². The van der Waals surface area contributed by atoms with Crippen LogP contribution < -0.4 is 4.72 Å². The summed E-state index contributed by atoms with van der Waals surface area (Å²) < 4.78 is 26.4. The van der Waals surface area contributed by atoms with Crippen molar-refractivity contribution < 1.29 is 18.3 Å². The first-order valence-electron chi connectivity index (χ1n) is 6.40. The molecule has 2 rings (SSSR count). The van der Waals surface area contributed by atoms with Crippen molar-refractivity contribution in [3.8, 4) is 0 Å². The number of aliphatic carboxylic acids is 1. The summed E-state index contributed by atoms with van der Waals surface area (Å²) in [6, 6.07) is 6.81. The number of sulfonamides is 1. The summed E-state index contributed by atoms with van der Waals surface area (Å²) in [4.78, 5) is 10.5. The van der Waals surface area contributed by atoms with Crippen LogP contribution in [0.1, 0.15) is 36.9 Å². The van der Waals surface area contributed by atoms with E-state index in [1.54, 1.807) is 25.1 Å². The molecule has 20 heavy (non-hydrogen) atoms. The third-order valence-corrected chi connectivity index (χ3v) is 5.16. The number of hydrogen-bond acceptors (Lipinski definition) is 3. The number of carboxylic acids is 1. The van der Waals surface area contributed by atoms with Gasteiger partial charge in [0.2, 0.25) is 10.0 Å². The summed E-state index contributed by atoms with van der Waals surface area (Å²) in [6.07, 6.45) is 3.99. The normalized spacial score (nSPS) is 17.2. The van der Waals surface area contributed by atoms with Crippen molar-refractivity contribution in [2.45, 2.75) is 31.1 Å². The summed E-state index contributed by atoms with van der Waals surface area (Å²) in [6.45, 7) is 1.78. The SMILES string of the molecule is CC(NS(=O)(=O)C1CC1)c1cccc(C=CC(=O)O)c1. The lowest BCUT2D eigenvalue weighted by Crippen LogP contribution is -2.29. The van der Waals surface area contributed by atoms with Crippen molar-refractivity contribution in [3.05, 3.63) is 41.5 Å². The maximum Gasteiger partial charge on any atom is 0.328 e.